The standard InChI is InChI=1S/C21H19FN6O3S2/c1-13-23-19(26-28(13)15-6-4-14(22)5-7-15)20(29)25-21-24-17-9-8-16(12-18(17)32-21)33(30,31)27-10-2-3-11-27/h4-9,12H,2-3,10-11H2,1H3,(H,24,25,29). The first-order valence-electron chi connectivity index (χ1n) is 10.2. The van der Waals surface area contributed by atoms with Gasteiger partial charge in [-0.05, 0) is 62.2 Å². The molecule has 5 rings (SSSR count). The van der Waals surface area contributed by atoms with Crippen LogP contribution in [0.1, 0.15) is 29.3 Å². The second kappa shape index (κ2) is 8.28. The Balaban J connectivity index is 1.38. The first-order valence-corrected chi connectivity index (χ1v) is 12.5. The first kappa shape index (κ1) is 21.6. The van der Waals surface area contributed by atoms with Crippen molar-refractivity contribution in [2.45, 2.75) is 24.7 Å². The van der Waals surface area contributed by atoms with Crippen LogP contribution in [0.25, 0.3) is 15.9 Å². The molecule has 1 N–H and O–H groups in total. The summed E-state index contributed by atoms with van der Waals surface area (Å²) in [5.41, 5.74) is 1.16. The summed E-state index contributed by atoms with van der Waals surface area (Å²) < 4.78 is 42.4. The average molecular weight is 487 g/mol. The van der Waals surface area contributed by atoms with Gasteiger partial charge in [0.1, 0.15) is 11.6 Å². The van der Waals surface area contributed by atoms with Gasteiger partial charge in [0.05, 0.1) is 20.8 Å². The Morgan fingerprint density at radius 3 is 2.55 bits per heavy atom. The predicted octanol–water partition coefficient (Wildman–Crippen LogP) is 3.36. The monoisotopic (exact) mass is 486 g/mol. The molecular weight excluding hydrogens is 467 g/mol. The van der Waals surface area contributed by atoms with Crippen molar-refractivity contribution in [3.63, 3.8) is 0 Å². The molecule has 170 valence electrons. The van der Waals surface area contributed by atoms with Gasteiger partial charge in [-0.15, -0.1) is 5.10 Å². The van der Waals surface area contributed by atoms with E-state index >= 15 is 0 Å². The largest absolute Gasteiger partial charge is 0.297 e. The van der Waals surface area contributed by atoms with E-state index in [1.807, 2.05) is 0 Å². The molecule has 0 bridgehead atoms. The minimum Gasteiger partial charge on any atom is -0.295 e. The summed E-state index contributed by atoms with van der Waals surface area (Å²) in [5.74, 6) is -0.522. The van der Waals surface area contributed by atoms with Gasteiger partial charge in [0.25, 0.3) is 5.91 Å². The van der Waals surface area contributed by atoms with Crippen LogP contribution in [-0.2, 0) is 10.0 Å². The van der Waals surface area contributed by atoms with Crippen molar-refractivity contribution in [2.24, 2.45) is 0 Å². The summed E-state index contributed by atoms with van der Waals surface area (Å²) in [6, 6.07) is 10.4. The van der Waals surface area contributed by atoms with Gasteiger partial charge in [0, 0.05) is 13.1 Å². The number of amides is 1. The number of rotatable bonds is 5. The lowest BCUT2D eigenvalue weighted by Crippen LogP contribution is -2.27. The highest BCUT2D eigenvalue weighted by Crippen LogP contribution is 2.30. The number of fused-ring (bicyclic) bond motifs is 1. The van der Waals surface area contributed by atoms with E-state index in [0.717, 1.165) is 12.8 Å². The molecule has 1 aliphatic rings. The minimum atomic E-state index is -3.54. The Labute approximate surface area is 192 Å². The zero-order valence-corrected chi connectivity index (χ0v) is 19.2. The molecule has 1 fully saturated rings. The number of sulfonamides is 1. The summed E-state index contributed by atoms with van der Waals surface area (Å²) in [6.07, 6.45) is 1.73. The van der Waals surface area contributed by atoms with Crippen LogP contribution in [0, 0.1) is 12.7 Å². The van der Waals surface area contributed by atoms with Gasteiger partial charge in [0.2, 0.25) is 15.8 Å². The topological polar surface area (TPSA) is 110 Å². The Bertz CT molecular complexity index is 1460. The molecule has 0 unspecified atom stereocenters. The van der Waals surface area contributed by atoms with Crippen molar-refractivity contribution in [1.82, 2.24) is 24.1 Å². The first-order chi connectivity index (χ1) is 15.8. The maximum Gasteiger partial charge on any atom is 0.297 e. The van der Waals surface area contributed by atoms with Gasteiger partial charge >= 0.3 is 0 Å². The van der Waals surface area contributed by atoms with Crippen LogP contribution < -0.4 is 5.32 Å². The number of hydrogen-bond acceptors (Lipinski definition) is 7. The fourth-order valence-electron chi connectivity index (χ4n) is 3.66. The number of carbonyl (C=O) groups excluding carboxylic acids is 1. The highest BCUT2D eigenvalue weighted by molar-refractivity contribution is 7.89. The van der Waals surface area contributed by atoms with E-state index < -0.39 is 15.9 Å². The Hall–Kier alpha value is -3.22. The molecule has 2 aromatic heterocycles. The zero-order valence-electron chi connectivity index (χ0n) is 17.5. The number of anilines is 1. The van der Waals surface area contributed by atoms with Crippen molar-refractivity contribution in [1.29, 1.82) is 0 Å². The predicted molar refractivity (Wildman–Crippen MR) is 122 cm³/mol. The average Bonchev–Trinajstić information content (AvgIpc) is 3.53. The number of hydrogen-bond donors (Lipinski definition) is 1. The molecule has 12 heteroatoms. The quantitative estimate of drug-likeness (QED) is 0.463. The summed E-state index contributed by atoms with van der Waals surface area (Å²) in [5, 5.41) is 7.19. The van der Waals surface area contributed by atoms with Crippen LogP contribution in [-0.4, -0.2) is 51.5 Å². The number of aryl methyl sites for hydroxylation is 1. The molecule has 2 aromatic carbocycles. The molecule has 33 heavy (non-hydrogen) atoms. The van der Waals surface area contributed by atoms with Gasteiger partial charge in [-0.1, -0.05) is 11.3 Å². The van der Waals surface area contributed by atoms with E-state index in [2.05, 4.69) is 20.4 Å². The van der Waals surface area contributed by atoms with Gasteiger partial charge in [-0.25, -0.2) is 27.5 Å². The molecule has 9 nitrogen and oxygen atoms in total. The molecule has 4 aromatic rings. The van der Waals surface area contributed by atoms with Crippen LogP contribution in [0.4, 0.5) is 9.52 Å². The number of thiazole rings is 1. The zero-order chi connectivity index (χ0) is 23.2. The fraction of sp³-hybridized carbons (Fsp3) is 0.238. The van der Waals surface area contributed by atoms with Crippen molar-refractivity contribution in [3.8, 4) is 5.69 Å². The molecule has 3 heterocycles. The van der Waals surface area contributed by atoms with Crippen molar-refractivity contribution in [3.05, 3.63) is 59.9 Å². The Morgan fingerprint density at radius 1 is 1.09 bits per heavy atom. The summed E-state index contributed by atoms with van der Waals surface area (Å²) in [4.78, 5) is 21.5. The minimum absolute atomic E-state index is 0.0617. The number of carbonyl (C=O) groups is 1. The third kappa shape index (κ3) is 4.12. The highest BCUT2D eigenvalue weighted by Gasteiger charge is 2.27. The van der Waals surface area contributed by atoms with E-state index in [1.54, 1.807) is 31.2 Å². The number of benzene rings is 2. The van der Waals surface area contributed by atoms with E-state index in [0.29, 0.717) is 39.9 Å². The number of aromatic nitrogens is 4. The fourth-order valence-corrected chi connectivity index (χ4v) is 6.18. The molecule has 0 saturated carbocycles. The molecule has 0 atom stereocenters. The molecule has 1 saturated heterocycles. The Morgan fingerprint density at radius 2 is 1.82 bits per heavy atom. The maximum atomic E-state index is 13.2. The van der Waals surface area contributed by atoms with E-state index in [9.17, 15) is 17.6 Å². The van der Waals surface area contributed by atoms with Crippen LogP contribution in [0.5, 0.6) is 0 Å². The molecular formula is C21H19FN6O3S2. The number of nitrogens with zero attached hydrogens (tertiary/aromatic N) is 5. The summed E-state index contributed by atoms with van der Waals surface area (Å²) in [6.45, 7) is 2.75. The lowest BCUT2D eigenvalue weighted by molar-refractivity contribution is 0.101. The molecule has 1 aliphatic heterocycles. The van der Waals surface area contributed by atoms with Gasteiger partial charge in [-0.2, -0.15) is 4.31 Å². The molecule has 0 aliphatic carbocycles. The van der Waals surface area contributed by atoms with Gasteiger partial charge in [-0.3, -0.25) is 10.1 Å². The second-order valence-corrected chi connectivity index (χ2v) is 10.6. The summed E-state index contributed by atoms with van der Waals surface area (Å²) >= 11 is 1.17. The lowest BCUT2D eigenvalue weighted by Gasteiger charge is -2.15. The van der Waals surface area contributed by atoms with E-state index in [-0.39, 0.29) is 16.5 Å². The van der Waals surface area contributed by atoms with Crippen LogP contribution in [0.2, 0.25) is 0 Å². The Kier molecular flexibility index (Phi) is 5.43. The van der Waals surface area contributed by atoms with Crippen LogP contribution in [0.3, 0.4) is 0 Å². The van der Waals surface area contributed by atoms with Crippen molar-refractivity contribution < 1.29 is 17.6 Å². The van der Waals surface area contributed by atoms with Gasteiger partial charge in [0.15, 0.2) is 5.13 Å². The van der Waals surface area contributed by atoms with E-state index in [4.69, 9.17) is 0 Å². The second-order valence-electron chi connectivity index (χ2n) is 7.58. The van der Waals surface area contributed by atoms with Crippen molar-refractivity contribution >= 4 is 42.6 Å². The molecule has 0 radical (unpaired) electrons. The highest BCUT2D eigenvalue weighted by atomic mass is 32.2. The summed E-state index contributed by atoms with van der Waals surface area (Å²) in [7, 11) is -3.54. The maximum absolute atomic E-state index is 13.2. The van der Waals surface area contributed by atoms with E-state index in [1.165, 1.54) is 38.5 Å². The molecule has 0 spiro atoms. The third-order valence-corrected chi connectivity index (χ3v) is 8.15. The normalized spacial score (nSPS) is 14.7. The number of nitrogens with one attached hydrogen (secondary N) is 1. The molecule has 1 amide bonds. The SMILES string of the molecule is Cc1nc(C(=O)Nc2nc3ccc(S(=O)(=O)N4CCCC4)cc3s2)nn1-c1ccc(F)cc1. The number of halogens is 1. The third-order valence-electron chi connectivity index (χ3n) is 5.33. The van der Waals surface area contributed by atoms with Crippen LogP contribution >= 0.6 is 11.3 Å². The van der Waals surface area contributed by atoms with Crippen molar-refractivity contribution in [2.75, 3.05) is 18.4 Å². The lowest BCUT2D eigenvalue weighted by atomic mass is 10.3. The van der Waals surface area contributed by atoms with Crippen LogP contribution in [0.15, 0.2) is 47.4 Å². The smallest absolute Gasteiger partial charge is 0.295 e. The van der Waals surface area contributed by atoms with Gasteiger partial charge < -0.3 is 0 Å².